The van der Waals surface area contributed by atoms with E-state index in [2.05, 4.69) is 116 Å². The Kier molecular flexibility index (Phi) is 33.0. The van der Waals surface area contributed by atoms with Crippen LogP contribution >= 0.6 is 21.6 Å². The normalized spacial score (nSPS) is 11.9. The number of carbonyl (C=O) groups excluding carboxylic acids is 2. The molecule has 256 valence electrons. The summed E-state index contributed by atoms with van der Waals surface area (Å²) in [6.45, 7) is 7.63. The van der Waals surface area contributed by atoms with Crippen molar-refractivity contribution in [3.8, 4) is 0 Å². The summed E-state index contributed by atoms with van der Waals surface area (Å²) < 4.78 is 0. The molecule has 0 aliphatic rings. The molecule has 0 unspecified atom stereocenters. The van der Waals surface area contributed by atoms with Gasteiger partial charge in [0, 0.05) is 36.9 Å². The summed E-state index contributed by atoms with van der Waals surface area (Å²) >= 11 is 0. The molecule has 0 aliphatic heterocycles. The molecule has 2 amide bonds. The lowest BCUT2D eigenvalue weighted by Crippen LogP contribution is -2.26. The molecule has 7 heteroatoms. The Morgan fingerprint density at radius 2 is 1.22 bits per heavy atom. The van der Waals surface area contributed by atoms with Gasteiger partial charge >= 0.3 is 0 Å². The van der Waals surface area contributed by atoms with Crippen molar-refractivity contribution in [1.29, 1.82) is 0 Å². The second-order valence-electron chi connectivity index (χ2n) is 10.7. The number of rotatable bonds is 25. The summed E-state index contributed by atoms with van der Waals surface area (Å²) in [7, 11) is 3.68. The number of hydrogen-bond acceptors (Lipinski definition) is 5. The highest BCUT2D eigenvalue weighted by Crippen LogP contribution is 2.25. The zero-order valence-corrected chi connectivity index (χ0v) is 30.2. The average molecular weight is 669 g/mol. The first-order valence-corrected chi connectivity index (χ1v) is 19.2. The quantitative estimate of drug-likeness (QED) is 0.0550. The fraction of sp³-hybridized carbons (Fsp3) is 0.487. The van der Waals surface area contributed by atoms with E-state index in [0.717, 1.165) is 70.1 Å². The molecule has 1 aromatic rings. The van der Waals surface area contributed by atoms with E-state index in [0.29, 0.717) is 24.6 Å². The Hall–Kier alpha value is -2.74. The van der Waals surface area contributed by atoms with Crippen molar-refractivity contribution in [3.05, 3.63) is 109 Å². The predicted molar refractivity (Wildman–Crippen MR) is 205 cm³/mol. The third-order valence-electron chi connectivity index (χ3n) is 6.05. The molecule has 0 saturated heterocycles. The first kappa shape index (κ1) is 43.3. The standard InChI is InChI=1S/C27H43NOS2.C12H17NO2/c1-4-5-6-7-8-9-10-11-12-13-14-15-16-17-18-19-20-21-22-23-27(29)28-24-25-30-31-26(2)3;14-10-9-13-12(15)8-4-7-11-5-2-1-3-6-11/h5-6,8-9,11-12,14-15,17-18,20-21,26H,4,7,10,13,16,19,22-25H2,1-3H3,(H,28,29);1-3,5-6,14H,4,7-10H2,(H,13,15)/b6-5-,9-8-,12-11-,15-14-,18-17-,21-20-;. The van der Waals surface area contributed by atoms with Crippen molar-refractivity contribution in [2.24, 2.45) is 0 Å². The minimum Gasteiger partial charge on any atom is -0.395 e. The number of allylic oxidation sites excluding steroid dienone is 12. The van der Waals surface area contributed by atoms with Crippen LogP contribution in [0.2, 0.25) is 0 Å². The van der Waals surface area contributed by atoms with Gasteiger partial charge in [-0.15, -0.1) is 0 Å². The molecule has 0 fully saturated rings. The van der Waals surface area contributed by atoms with Crippen molar-refractivity contribution in [3.63, 3.8) is 0 Å². The molecule has 0 atom stereocenters. The van der Waals surface area contributed by atoms with Crippen LogP contribution in [0.5, 0.6) is 0 Å². The van der Waals surface area contributed by atoms with Crippen LogP contribution in [0, 0.1) is 0 Å². The van der Waals surface area contributed by atoms with E-state index in [1.807, 2.05) is 39.8 Å². The second-order valence-corrected chi connectivity index (χ2v) is 13.7. The molecule has 0 spiro atoms. The molecule has 0 radical (unpaired) electrons. The lowest BCUT2D eigenvalue weighted by molar-refractivity contribution is -0.121. The first-order valence-electron chi connectivity index (χ1n) is 16.9. The second kappa shape index (κ2) is 35.1. The van der Waals surface area contributed by atoms with Gasteiger partial charge in [-0.05, 0) is 63.4 Å². The number of nitrogens with one attached hydrogen (secondary N) is 2. The van der Waals surface area contributed by atoms with Crippen LogP contribution in [0.1, 0.15) is 90.5 Å². The Bertz CT molecular complexity index is 1030. The Morgan fingerprint density at radius 3 is 1.74 bits per heavy atom. The van der Waals surface area contributed by atoms with Gasteiger partial charge in [0.2, 0.25) is 11.8 Å². The van der Waals surface area contributed by atoms with Crippen LogP contribution in [0.15, 0.2) is 103 Å². The molecular weight excluding hydrogens is 609 g/mol. The van der Waals surface area contributed by atoms with Gasteiger partial charge in [-0.1, -0.05) is 146 Å². The topological polar surface area (TPSA) is 78.4 Å². The Labute approximate surface area is 288 Å². The SMILES string of the molecule is CC/C=C\C/C=C\C/C=C\C/C=C\C/C=C\C/C=C\CCC(=O)NCCSSC(C)C.O=C(CCCc1ccccc1)NCCO. The van der Waals surface area contributed by atoms with Crippen LogP contribution in [0.25, 0.3) is 0 Å². The van der Waals surface area contributed by atoms with Gasteiger partial charge in [-0.25, -0.2) is 0 Å². The molecule has 3 N–H and O–H groups in total. The number of aliphatic hydroxyl groups is 1. The number of aliphatic hydroxyl groups excluding tert-OH is 1. The summed E-state index contributed by atoms with van der Waals surface area (Å²) in [5.74, 6) is 1.13. The third kappa shape index (κ3) is 34.1. The number of benzene rings is 1. The maximum atomic E-state index is 11.7. The fourth-order valence-corrected chi connectivity index (χ4v) is 5.65. The zero-order chi connectivity index (χ0) is 33.8. The Morgan fingerprint density at radius 1 is 0.717 bits per heavy atom. The summed E-state index contributed by atoms with van der Waals surface area (Å²) in [5.41, 5.74) is 1.26. The van der Waals surface area contributed by atoms with Gasteiger partial charge in [-0.3, -0.25) is 9.59 Å². The number of amides is 2. The van der Waals surface area contributed by atoms with Gasteiger partial charge < -0.3 is 15.7 Å². The van der Waals surface area contributed by atoms with Gasteiger partial charge in [0.15, 0.2) is 0 Å². The molecule has 0 aromatic heterocycles. The fourth-order valence-electron chi connectivity index (χ4n) is 3.74. The van der Waals surface area contributed by atoms with Gasteiger partial charge in [0.25, 0.3) is 0 Å². The van der Waals surface area contributed by atoms with E-state index >= 15 is 0 Å². The number of aryl methyl sites for hydroxylation is 1. The highest BCUT2D eigenvalue weighted by molar-refractivity contribution is 8.76. The molecule has 5 nitrogen and oxygen atoms in total. The van der Waals surface area contributed by atoms with Gasteiger partial charge in [0.05, 0.1) is 6.61 Å². The van der Waals surface area contributed by atoms with Crippen molar-refractivity contribution in [2.75, 3.05) is 25.4 Å². The maximum absolute atomic E-state index is 11.7. The molecule has 1 aromatic carbocycles. The van der Waals surface area contributed by atoms with E-state index < -0.39 is 0 Å². The maximum Gasteiger partial charge on any atom is 0.220 e. The summed E-state index contributed by atoms with van der Waals surface area (Å²) in [5, 5.41) is 14.7. The molecule has 0 saturated carbocycles. The molecule has 1 rings (SSSR count). The Balaban J connectivity index is 0.00000112. The largest absolute Gasteiger partial charge is 0.395 e. The summed E-state index contributed by atoms with van der Waals surface area (Å²) in [6, 6.07) is 10.1. The van der Waals surface area contributed by atoms with Crippen LogP contribution in [0.4, 0.5) is 0 Å². The van der Waals surface area contributed by atoms with Gasteiger partial charge in [-0.2, -0.15) is 0 Å². The average Bonchev–Trinajstić information content (AvgIpc) is 3.05. The summed E-state index contributed by atoms with van der Waals surface area (Å²) in [6.07, 6.45) is 36.0. The highest BCUT2D eigenvalue weighted by atomic mass is 33.1. The van der Waals surface area contributed by atoms with Crippen molar-refractivity contribution in [2.45, 2.75) is 96.7 Å². The van der Waals surface area contributed by atoms with Crippen molar-refractivity contribution < 1.29 is 14.7 Å². The monoisotopic (exact) mass is 668 g/mol. The van der Waals surface area contributed by atoms with Crippen LogP contribution in [-0.2, 0) is 16.0 Å². The van der Waals surface area contributed by atoms with Crippen LogP contribution < -0.4 is 10.6 Å². The van der Waals surface area contributed by atoms with Crippen molar-refractivity contribution >= 4 is 33.4 Å². The minimum atomic E-state index is 0.00439. The summed E-state index contributed by atoms with van der Waals surface area (Å²) in [4.78, 5) is 22.9. The van der Waals surface area contributed by atoms with E-state index in [1.165, 1.54) is 5.56 Å². The zero-order valence-electron chi connectivity index (χ0n) is 28.6. The van der Waals surface area contributed by atoms with E-state index in [-0.39, 0.29) is 18.4 Å². The molecule has 46 heavy (non-hydrogen) atoms. The van der Waals surface area contributed by atoms with Crippen LogP contribution in [-0.4, -0.2) is 47.6 Å². The van der Waals surface area contributed by atoms with Gasteiger partial charge in [0.1, 0.15) is 0 Å². The number of carbonyl (C=O) groups is 2. The van der Waals surface area contributed by atoms with Crippen LogP contribution in [0.3, 0.4) is 0 Å². The van der Waals surface area contributed by atoms with Crippen molar-refractivity contribution in [1.82, 2.24) is 10.6 Å². The predicted octanol–water partition coefficient (Wildman–Crippen LogP) is 9.49. The lowest BCUT2D eigenvalue weighted by atomic mass is 10.1. The highest BCUT2D eigenvalue weighted by Gasteiger charge is 2.01. The van der Waals surface area contributed by atoms with E-state index in [9.17, 15) is 9.59 Å². The third-order valence-corrected chi connectivity index (χ3v) is 9.00. The lowest BCUT2D eigenvalue weighted by Gasteiger charge is -2.05. The molecular formula is C39H60N2O3S2. The minimum absolute atomic E-state index is 0.00439. The number of hydrogen-bond donors (Lipinski definition) is 3. The van der Waals surface area contributed by atoms with E-state index in [4.69, 9.17) is 5.11 Å². The first-order chi connectivity index (χ1) is 22.5. The molecule has 0 bridgehead atoms. The molecule has 0 heterocycles. The molecule has 0 aliphatic carbocycles. The van der Waals surface area contributed by atoms with E-state index in [1.54, 1.807) is 0 Å². The smallest absolute Gasteiger partial charge is 0.220 e.